The van der Waals surface area contributed by atoms with Crippen LogP contribution in [0.15, 0.2) is 34.5 Å². The van der Waals surface area contributed by atoms with Crippen molar-refractivity contribution in [2.75, 3.05) is 31.6 Å². The van der Waals surface area contributed by atoms with E-state index < -0.39 is 15.4 Å². The molecule has 2 saturated heterocycles. The van der Waals surface area contributed by atoms with Gasteiger partial charge in [0.1, 0.15) is 0 Å². The number of nitrogens with one attached hydrogen (secondary N) is 1. The highest BCUT2D eigenvalue weighted by atomic mass is 32.2. The van der Waals surface area contributed by atoms with Gasteiger partial charge in [-0.25, -0.2) is 13.4 Å². The second-order valence-corrected chi connectivity index (χ2v) is 9.98. The maximum Gasteiger partial charge on any atom is 0.243 e. The Morgan fingerprint density at radius 3 is 2.70 bits per heavy atom. The lowest BCUT2D eigenvalue weighted by atomic mass is 9.88. The number of nitrogens with zero attached hydrogens (tertiary/aromatic N) is 2. The summed E-state index contributed by atoms with van der Waals surface area (Å²) in [7, 11) is -3.47. The molecular weight excluding hydrogens is 386 g/mol. The Kier molecular flexibility index (Phi) is 4.79. The number of hydrogen-bond acceptors (Lipinski definition) is 6. The van der Waals surface area contributed by atoms with Gasteiger partial charge in [0, 0.05) is 24.0 Å². The van der Waals surface area contributed by atoms with Crippen molar-refractivity contribution >= 4 is 32.4 Å². The Hall–Kier alpha value is -1.81. The number of rotatable bonds is 5. The molecule has 4 rings (SSSR count). The molecule has 1 amide bonds. The molecule has 144 valence electrons. The molecule has 2 aromatic rings. The highest BCUT2D eigenvalue weighted by Crippen LogP contribution is 2.31. The SMILES string of the molecule is CC1(C(=O)Nc2nc(-c3cccc(S(=O)(=O)N4CCCC4)c3)cs2)COC1. The standard InChI is InChI=1S/C18H21N3O4S2/c1-18(11-25-12-18)16(22)20-17-19-15(10-26-17)13-5-4-6-14(9-13)27(23,24)21-7-2-3-8-21/h4-6,9-10H,2-3,7-8,11-12H2,1H3,(H,19,20,22). The first kappa shape index (κ1) is 18.5. The van der Waals surface area contributed by atoms with Crippen LogP contribution in [0.2, 0.25) is 0 Å². The summed E-state index contributed by atoms with van der Waals surface area (Å²) in [4.78, 5) is 17.0. The topological polar surface area (TPSA) is 88.6 Å². The molecule has 0 radical (unpaired) electrons. The fraction of sp³-hybridized carbons (Fsp3) is 0.444. The minimum absolute atomic E-state index is 0.111. The van der Waals surface area contributed by atoms with E-state index in [9.17, 15) is 13.2 Å². The zero-order chi connectivity index (χ0) is 19.1. The molecule has 1 aromatic heterocycles. The molecule has 2 aliphatic heterocycles. The molecule has 9 heteroatoms. The lowest BCUT2D eigenvalue weighted by Gasteiger charge is -2.35. The van der Waals surface area contributed by atoms with Crippen molar-refractivity contribution in [3.63, 3.8) is 0 Å². The van der Waals surface area contributed by atoms with Gasteiger partial charge < -0.3 is 10.1 Å². The maximum absolute atomic E-state index is 12.8. The Morgan fingerprint density at radius 2 is 2.04 bits per heavy atom. The summed E-state index contributed by atoms with van der Waals surface area (Å²) in [6, 6.07) is 6.81. The Morgan fingerprint density at radius 1 is 1.30 bits per heavy atom. The van der Waals surface area contributed by atoms with E-state index in [4.69, 9.17) is 4.74 Å². The van der Waals surface area contributed by atoms with Gasteiger partial charge in [0.05, 0.1) is 29.2 Å². The van der Waals surface area contributed by atoms with Crippen LogP contribution in [0.4, 0.5) is 5.13 Å². The quantitative estimate of drug-likeness (QED) is 0.823. The van der Waals surface area contributed by atoms with Gasteiger partial charge in [0.25, 0.3) is 0 Å². The molecule has 0 atom stereocenters. The lowest BCUT2D eigenvalue weighted by molar-refractivity contribution is -0.151. The summed E-state index contributed by atoms with van der Waals surface area (Å²) in [5.41, 5.74) is 0.851. The molecule has 7 nitrogen and oxygen atoms in total. The number of benzene rings is 1. The zero-order valence-electron chi connectivity index (χ0n) is 15.0. The highest BCUT2D eigenvalue weighted by Gasteiger charge is 2.41. The van der Waals surface area contributed by atoms with Crippen molar-refractivity contribution in [3.05, 3.63) is 29.6 Å². The zero-order valence-corrected chi connectivity index (χ0v) is 16.6. The second kappa shape index (κ2) is 6.97. The minimum atomic E-state index is -3.47. The van der Waals surface area contributed by atoms with Crippen LogP contribution in [0.1, 0.15) is 19.8 Å². The fourth-order valence-electron chi connectivity index (χ4n) is 3.14. The summed E-state index contributed by atoms with van der Waals surface area (Å²) in [6.45, 7) is 3.82. The molecule has 2 aliphatic rings. The first-order valence-corrected chi connectivity index (χ1v) is 11.2. The molecule has 0 saturated carbocycles. The Labute approximate surface area is 162 Å². The van der Waals surface area contributed by atoms with Gasteiger partial charge >= 0.3 is 0 Å². The van der Waals surface area contributed by atoms with Gasteiger partial charge in [0.2, 0.25) is 15.9 Å². The molecule has 1 aromatic carbocycles. The number of ether oxygens (including phenoxy) is 1. The summed E-state index contributed by atoms with van der Waals surface area (Å²) >= 11 is 1.32. The maximum atomic E-state index is 12.8. The average Bonchev–Trinajstić information content (AvgIpc) is 3.32. The smallest absolute Gasteiger partial charge is 0.243 e. The summed E-state index contributed by atoms with van der Waals surface area (Å²) in [5.74, 6) is -0.111. The van der Waals surface area contributed by atoms with Crippen LogP contribution in [0, 0.1) is 5.41 Å². The number of aromatic nitrogens is 1. The van der Waals surface area contributed by atoms with Crippen LogP contribution in [-0.4, -0.2) is 49.9 Å². The molecular formula is C18H21N3O4S2. The molecule has 3 heterocycles. The van der Waals surface area contributed by atoms with Gasteiger partial charge in [-0.05, 0) is 31.9 Å². The van der Waals surface area contributed by atoms with Crippen molar-refractivity contribution in [2.45, 2.75) is 24.7 Å². The number of anilines is 1. The number of carbonyl (C=O) groups excluding carboxylic acids is 1. The van der Waals surface area contributed by atoms with Crippen LogP contribution < -0.4 is 5.32 Å². The number of sulfonamides is 1. The van der Waals surface area contributed by atoms with Gasteiger partial charge in [0.15, 0.2) is 5.13 Å². The molecule has 0 bridgehead atoms. The first-order chi connectivity index (χ1) is 12.9. The predicted octanol–water partition coefficient (Wildman–Crippen LogP) is 2.57. The molecule has 0 spiro atoms. The molecule has 0 aliphatic carbocycles. The fourth-order valence-corrected chi connectivity index (χ4v) is 5.42. The molecule has 27 heavy (non-hydrogen) atoms. The van der Waals surface area contributed by atoms with E-state index in [0.29, 0.717) is 42.7 Å². The average molecular weight is 408 g/mol. The van der Waals surface area contributed by atoms with E-state index in [-0.39, 0.29) is 10.8 Å². The summed E-state index contributed by atoms with van der Waals surface area (Å²) < 4.78 is 32.2. The number of hydrogen-bond donors (Lipinski definition) is 1. The molecule has 1 N–H and O–H groups in total. The van der Waals surface area contributed by atoms with Crippen molar-refractivity contribution in [2.24, 2.45) is 5.41 Å². The largest absolute Gasteiger partial charge is 0.379 e. The third-order valence-corrected chi connectivity index (χ3v) is 7.60. The third kappa shape index (κ3) is 3.52. The minimum Gasteiger partial charge on any atom is -0.379 e. The lowest BCUT2D eigenvalue weighted by Crippen LogP contribution is -2.49. The normalized spacial score (nSPS) is 19.6. The Bertz CT molecular complexity index is 960. The van der Waals surface area contributed by atoms with Gasteiger partial charge in [-0.15, -0.1) is 11.3 Å². The van der Waals surface area contributed by atoms with Crippen molar-refractivity contribution in [1.29, 1.82) is 0 Å². The van der Waals surface area contributed by atoms with E-state index in [1.165, 1.54) is 15.6 Å². The molecule has 2 fully saturated rings. The Balaban J connectivity index is 1.54. The highest BCUT2D eigenvalue weighted by molar-refractivity contribution is 7.89. The number of amides is 1. The van der Waals surface area contributed by atoms with Crippen molar-refractivity contribution < 1.29 is 17.9 Å². The first-order valence-electron chi connectivity index (χ1n) is 8.84. The van der Waals surface area contributed by atoms with Crippen LogP contribution in [0.5, 0.6) is 0 Å². The van der Waals surface area contributed by atoms with Gasteiger partial charge in [-0.2, -0.15) is 4.31 Å². The van der Waals surface area contributed by atoms with E-state index in [2.05, 4.69) is 10.3 Å². The summed E-state index contributed by atoms with van der Waals surface area (Å²) in [5, 5.41) is 5.14. The van der Waals surface area contributed by atoms with Crippen molar-refractivity contribution in [3.8, 4) is 11.3 Å². The number of thiazole rings is 1. The molecule has 0 unspecified atom stereocenters. The predicted molar refractivity (Wildman–Crippen MR) is 103 cm³/mol. The van der Waals surface area contributed by atoms with Crippen LogP contribution in [0.3, 0.4) is 0 Å². The van der Waals surface area contributed by atoms with E-state index >= 15 is 0 Å². The number of carbonyl (C=O) groups is 1. The van der Waals surface area contributed by atoms with Gasteiger partial charge in [-0.3, -0.25) is 4.79 Å². The monoisotopic (exact) mass is 407 g/mol. The van der Waals surface area contributed by atoms with E-state index in [1.807, 2.05) is 18.4 Å². The van der Waals surface area contributed by atoms with E-state index in [1.54, 1.807) is 18.2 Å². The third-order valence-electron chi connectivity index (χ3n) is 4.95. The van der Waals surface area contributed by atoms with Crippen LogP contribution >= 0.6 is 11.3 Å². The van der Waals surface area contributed by atoms with Crippen LogP contribution in [0.25, 0.3) is 11.3 Å². The van der Waals surface area contributed by atoms with E-state index in [0.717, 1.165) is 12.8 Å². The second-order valence-electron chi connectivity index (χ2n) is 7.18. The van der Waals surface area contributed by atoms with Gasteiger partial charge in [-0.1, -0.05) is 12.1 Å². The van der Waals surface area contributed by atoms with Crippen LogP contribution in [-0.2, 0) is 19.6 Å². The summed E-state index contributed by atoms with van der Waals surface area (Å²) in [6.07, 6.45) is 1.80. The van der Waals surface area contributed by atoms with Crippen molar-refractivity contribution in [1.82, 2.24) is 9.29 Å².